The van der Waals surface area contributed by atoms with Gasteiger partial charge in [0.1, 0.15) is 24.1 Å². The zero-order chi connectivity index (χ0) is 10.0. The fourth-order valence-electron chi connectivity index (χ4n) is 1.43. The van der Waals surface area contributed by atoms with Crippen LogP contribution < -0.4 is 0 Å². The van der Waals surface area contributed by atoms with Crippen molar-refractivity contribution in [2.24, 2.45) is 0 Å². The molecule has 0 aromatic rings. The van der Waals surface area contributed by atoms with E-state index in [2.05, 4.69) is 0 Å². The van der Waals surface area contributed by atoms with Gasteiger partial charge in [-0.3, -0.25) is 4.79 Å². The molecule has 1 rings (SSSR count). The van der Waals surface area contributed by atoms with E-state index in [0.29, 0.717) is 0 Å². The number of ether oxygens (including phenoxy) is 1. The minimum absolute atomic E-state index is 0.0642. The fraction of sp³-hybridized carbons (Fsp3) is 0.875. The molecule has 0 amide bonds. The first-order chi connectivity index (χ1) is 6.06. The lowest BCUT2D eigenvalue weighted by Gasteiger charge is -2.11. The number of hydrogen-bond donors (Lipinski definition) is 3. The molecular weight excluding hydrogens is 176 g/mol. The van der Waals surface area contributed by atoms with E-state index in [1.165, 1.54) is 6.92 Å². The Balaban J connectivity index is 2.55. The van der Waals surface area contributed by atoms with Crippen molar-refractivity contribution < 1.29 is 24.9 Å². The number of carbonyl (C=O) groups excluding carboxylic acids is 1. The quantitative estimate of drug-likeness (QED) is 0.501. The lowest BCUT2D eigenvalue weighted by atomic mass is 10.0. The second kappa shape index (κ2) is 4.15. The van der Waals surface area contributed by atoms with Crippen LogP contribution in [0.1, 0.15) is 13.3 Å². The van der Waals surface area contributed by atoms with Crippen molar-refractivity contribution in [1.82, 2.24) is 0 Å². The van der Waals surface area contributed by atoms with Crippen LogP contribution in [0.4, 0.5) is 0 Å². The van der Waals surface area contributed by atoms with Crippen molar-refractivity contribution in [3.8, 4) is 0 Å². The Morgan fingerprint density at radius 3 is 2.23 bits per heavy atom. The summed E-state index contributed by atoms with van der Waals surface area (Å²) >= 11 is 0. The SMILES string of the molecule is CC(=O)C[C@@H]1O[C@H](CO)[C@@H](O)[C@@H]1O. The Bertz CT molecular complexity index is 193. The van der Waals surface area contributed by atoms with Gasteiger partial charge in [0.15, 0.2) is 0 Å². The normalized spacial score (nSPS) is 39.4. The second-order valence-corrected chi connectivity index (χ2v) is 3.28. The van der Waals surface area contributed by atoms with Gasteiger partial charge in [0.25, 0.3) is 0 Å². The molecule has 1 aliphatic heterocycles. The summed E-state index contributed by atoms with van der Waals surface area (Å²) in [5.41, 5.74) is 0. The highest BCUT2D eigenvalue weighted by molar-refractivity contribution is 5.76. The van der Waals surface area contributed by atoms with E-state index in [9.17, 15) is 15.0 Å². The summed E-state index contributed by atoms with van der Waals surface area (Å²) in [5, 5.41) is 27.4. The minimum atomic E-state index is -1.10. The van der Waals surface area contributed by atoms with E-state index in [4.69, 9.17) is 9.84 Å². The molecule has 1 fully saturated rings. The summed E-state index contributed by atoms with van der Waals surface area (Å²) in [6.07, 6.45) is -3.59. The number of rotatable bonds is 3. The monoisotopic (exact) mass is 190 g/mol. The summed E-state index contributed by atoms with van der Waals surface area (Å²) < 4.78 is 5.08. The van der Waals surface area contributed by atoms with Crippen LogP contribution in [-0.4, -0.2) is 52.1 Å². The first kappa shape index (κ1) is 10.6. The van der Waals surface area contributed by atoms with Crippen molar-refractivity contribution in [3.05, 3.63) is 0 Å². The van der Waals surface area contributed by atoms with Gasteiger partial charge in [-0.1, -0.05) is 0 Å². The molecule has 5 heteroatoms. The molecule has 4 atom stereocenters. The molecule has 0 unspecified atom stereocenters. The van der Waals surface area contributed by atoms with Gasteiger partial charge >= 0.3 is 0 Å². The molecule has 0 aliphatic carbocycles. The van der Waals surface area contributed by atoms with Crippen molar-refractivity contribution in [3.63, 3.8) is 0 Å². The zero-order valence-electron chi connectivity index (χ0n) is 7.38. The Labute approximate surface area is 75.9 Å². The Morgan fingerprint density at radius 2 is 1.85 bits per heavy atom. The maximum atomic E-state index is 10.7. The summed E-state index contributed by atoms with van der Waals surface area (Å²) in [6.45, 7) is 1.03. The number of ketones is 1. The van der Waals surface area contributed by atoms with E-state index in [-0.39, 0.29) is 18.8 Å². The third kappa shape index (κ3) is 2.25. The van der Waals surface area contributed by atoms with E-state index in [1.807, 2.05) is 0 Å². The topological polar surface area (TPSA) is 87.0 Å². The lowest BCUT2D eigenvalue weighted by molar-refractivity contribution is -0.121. The Hall–Kier alpha value is -0.490. The van der Waals surface area contributed by atoms with Gasteiger partial charge in [-0.25, -0.2) is 0 Å². The fourth-order valence-corrected chi connectivity index (χ4v) is 1.43. The smallest absolute Gasteiger partial charge is 0.132 e. The molecule has 1 aliphatic rings. The molecule has 13 heavy (non-hydrogen) atoms. The summed E-state index contributed by atoms with van der Waals surface area (Å²) in [6, 6.07) is 0. The molecule has 0 aromatic heterocycles. The molecule has 0 spiro atoms. The number of aliphatic hydroxyl groups excluding tert-OH is 3. The maximum absolute atomic E-state index is 10.7. The van der Waals surface area contributed by atoms with Crippen LogP contribution >= 0.6 is 0 Å². The van der Waals surface area contributed by atoms with Gasteiger partial charge in [0.2, 0.25) is 0 Å². The summed E-state index contributed by atoms with van der Waals surface area (Å²) in [7, 11) is 0. The Morgan fingerprint density at radius 1 is 1.31 bits per heavy atom. The van der Waals surface area contributed by atoms with Crippen molar-refractivity contribution in [1.29, 1.82) is 0 Å². The Kier molecular flexibility index (Phi) is 3.38. The average Bonchev–Trinajstić information content (AvgIpc) is 2.32. The summed E-state index contributed by atoms with van der Waals surface area (Å²) in [5.74, 6) is -0.116. The highest BCUT2D eigenvalue weighted by atomic mass is 16.6. The molecular formula is C8H14O5. The van der Waals surface area contributed by atoms with Gasteiger partial charge in [-0.05, 0) is 6.92 Å². The molecule has 1 saturated heterocycles. The van der Waals surface area contributed by atoms with E-state index in [1.54, 1.807) is 0 Å². The molecule has 1 heterocycles. The highest BCUT2D eigenvalue weighted by Gasteiger charge is 2.42. The van der Waals surface area contributed by atoms with Gasteiger partial charge < -0.3 is 20.1 Å². The van der Waals surface area contributed by atoms with Crippen LogP contribution in [0.5, 0.6) is 0 Å². The van der Waals surface area contributed by atoms with Gasteiger partial charge in [0, 0.05) is 6.42 Å². The predicted octanol–water partition coefficient (Wildman–Crippen LogP) is -1.55. The molecule has 3 N–H and O–H groups in total. The van der Waals surface area contributed by atoms with Crippen LogP contribution in [0.2, 0.25) is 0 Å². The van der Waals surface area contributed by atoms with Crippen LogP contribution in [0.3, 0.4) is 0 Å². The molecule has 0 bridgehead atoms. The largest absolute Gasteiger partial charge is 0.394 e. The number of hydrogen-bond acceptors (Lipinski definition) is 5. The van der Waals surface area contributed by atoms with Crippen LogP contribution in [0.15, 0.2) is 0 Å². The summed E-state index contributed by atoms with van der Waals surface area (Å²) in [4.78, 5) is 10.7. The highest BCUT2D eigenvalue weighted by Crippen LogP contribution is 2.23. The third-order valence-corrected chi connectivity index (χ3v) is 2.13. The zero-order valence-corrected chi connectivity index (χ0v) is 7.38. The standard InChI is InChI=1S/C8H14O5/c1-4(10)2-5-7(11)8(12)6(3-9)13-5/h5-9,11-12H,2-3H2,1H3/t5-,6+,7+,8+/m0/s1. The van der Waals surface area contributed by atoms with Gasteiger partial charge in [-0.15, -0.1) is 0 Å². The van der Waals surface area contributed by atoms with Crippen molar-refractivity contribution in [2.75, 3.05) is 6.61 Å². The maximum Gasteiger partial charge on any atom is 0.132 e. The van der Waals surface area contributed by atoms with Gasteiger partial charge in [0.05, 0.1) is 12.7 Å². The van der Waals surface area contributed by atoms with Crippen LogP contribution in [0.25, 0.3) is 0 Å². The first-order valence-corrected chi connectivity index (χ1v) is 4.18. The average molecular weight is 190 g/mol. The van der Waals surface area contributed by atoms with Crippen molar-refractivity contribution in [2.45, 2.75) is 37.8 Å². The molecule has 0 aromatic carbocycles. The number of Topliss-reactive ketones (excluding diaryl/α,β-unsaturated/α-hetero) is 1. The third-order valence-electron chi connectivity index (χ3n) is 2.13. The molecule has 0 saturated carbocycles. The number of aliphatic hydroxyl groups is 3. The predicted molar refractivity (Wildman–Crippen MR) is 43.1 cm³/mol. The molecule has 76 valence electrons. The minimum Gasteiger partial charge on any atom is -0.394 e. The van der Waals surface area contributed by atoms with Crippen molar-refractivity contribution >= 4 is 5.78 Å². The van der Waals surface area contributed by atoms with Gasteiger partial charge in [-0.2, -0.15) is 0 Å². The second-order valence-electron chi connectivity index (χ2n) is 3.28. The van der Waals surface area contributed by atoms with E-state index >= 15 is 0 Å². The first-order valence-electron chi connectivity index (χ1n) is 4.18. The lowest BCUT2D eigenvalue weighted by Crippen LogP contribution is -2.34. The van der Waals surface area contributed by atoms with E-state index in [0.717, 1.165) is 0 Å². The number of carbonyl (C=O) groups is 1. The van der Waals surface area contributed by atoms with Crippen LogP contribution in [0, 0.1) is 0 Å². The molecule has 5 nitrogen and oxygen atoms in total. The van der Waals surface area contributed by atoms with E-state index < -0.39 is 24.4 Å². The molecule has 0 radical (unpaired) electrons. The van der Waals surface area contributed by atoms with Crippen LogP contribution in [-0.2, 0) is 9.53 Å².